The van der Waals surface area contributed by atoms with E-state index in [0.29, 0.717) is 6.04 Å². The highest BCUT2D eigenvalue weighted by Gasteiger charge is 2.24. The molecule has 1 aliphatic heterocycles. The average molecular weight is 264 g/mol. The Labute approximate surface area is 117 Å². The SMILES string of the molecule is CCCn1cc(C)nc1NCC1CCN(C(C)C)C1. The van der Waals surface area contributed by atoms with Crippen molar-refractivity contribution in [2.24, 2.45) is 5.92 Å². The molecule has 19 heavy (non-hydrogen) atoms. The van der Waals surface area contributed by atoms with E-state index in [2.05, 4.69) is 53.7 Å². The van der Waals surface area contributed by atoms with Gasteiger partial charge in [-0.25, -0.2) is 4.98 Å². The molecule has 0 aliphatic carbocycles. The van der Waals surface area contributed by atoms with Gasteiger partial charge in [-0.3, -0.25) is 0 Å². The number of nitrogens with one attached hydrogen (secondary N) is 1. The van der Waals surface area contributed by atoms with Crippen molar-refractivity contribution in [3.05, 3.63) is 11.9 Å². The number of aromatic nitrogens is 2. The van der Waals surface area contributed by atoms with Gasteiger partial charge >= 0.3 is 0 Å². The van der Waals surface area contributed by atoms with Gasteiger partial charge in [0.25, 0.3) is 0 Å². The highest BCUT2D eigenvalue weighted by atomic mass is 15.2. The summed E-state index contributed by atoms with van der Waals surface area (Å²) in [4.78, 5) is 7.15. The van der Waals surface area contributed by atoms with Gasteiger partial charge in [-0.1, -0.05) is 6.92 Å². The zero-order valence-electron chi connectivity index (χ0n) is 12.8. The van der Waals surface area contributed by atoms with Crippen LogP contribution in [0.2, 0.25) is 0 Å². The number of imidazole rings is 1. The van der Waals surface area contributed by atoms with E-state index in [-0.39, 0.29) is 0 Å². The molecule has 0 amide bonds. The Morgan fingerprint density at radius 2 is 2.26 bits per heavy atom. The number of nitrogens with zero attached hydrogens (tertiary/aromatic N) is 3. The fourth-order valence-corrected chi connectivity index (χ4v) is 2.83. The summed E-state index contributed by atoms with van der Waals surface area (Å²) in [5.74, 6) is 1.80. The van der Waals surface area contributed by atoms with E-state index in [1.807, 2.05) is 0 Å². The molecule has 0 radical (unpaired) electrons. The van der Waals surface area contributed by atoms with Crippen molar-refractivity contribution in [3.8, 4) is 0 Å². The monoisotopic (exact) mass is 264 g/mol. The van der Waals surface area contributed by atoms with Crippen LogP contribution in [0.15, 0.2) is 6.20 Å². The molecule has 0 bridgehead atoms. The zero-order valence-corrected chi connectivity index (χ0v) is 12.8. The molecular weight excluding hydrogens is 236 g/mol. The molecule has 1 unspecified atom stereocenters. The minimum Gasteiger partial charge on any atom is -0.355 e. The Kier molecular flexibility index (Phi) is 4.86. The molecule has 1 saturated heterocycles. The molecule has 4 nitrogen and oxygen atoms in total. The number of rotatable bonds is 6. The molecule has 1 N–H and O–H groups in total. The Morgan fingerprint density at radius 3 is 2.89 bits per heavy atom. The first kappa shape index (κ1) is 14.4. The highest BCUT2D eigenvalue weighted by Crippen LogP contribution is 2.19. The summed E-state index contributed by atoms with van der Waals surface area (Å²) in [7, 11) is 0. The van der Waals surface area contributed by atoms with E-state index in [9.17, 15) is 0 Å². The van der Waals surface area contributed by atoms with Gasteiger partial charge in [0.2, 0.25) is 5.95 Å². The van der Waals surface area contributed by atoms with Gasteiger partial charge in [0, 0.05) is 31.9 Å². The summed E-state index contributed by atoms with van der Waals surface area (Å²) in [5.41, 5.74) is 1.10. The van der Waals surface area contributed by atoms with Crippen LogP contribution in [-0.2, 0) is 6.54 Å². The standard InChI is InChI=1S/C15H28N4/c1-5-7-19-10-13(4)17-15(19)16-9-14-6-8-18(11-14)12(2)3/h10,12,14H,5-9,11H2,1-4H3,(H,16,17). The van der Waals surface area contributed by atoms with E-state index in [1.54, 1.807) is 0 Å². The van der Waals surface area contributed by atoms with Gasteiger partial charge in [0.1, 0.15) is 0 Å². The Hall–Kier alpha value is -1.03. The summed E-state index contributed by atoms with van der Waals surface area (Å²) in [6, 6.07) is 0.675. The summed E-state index contributed by atoms with van der Waals surface area (Å²) < 4.78 is 2.24. The molecule has 1 aliphatic rings. The fourth-order valence-electron chi connectivity index (χ4n) is 2.83. The summed E-state index contributed by atoms with van der Waals surface area (Å²) in [6.07, 6.45) is 4.59. The van der Waals surface area contributed by atoms with E-state index in [0.717, 1.165) is 37.1 Å². The normalized spacial score (nSPS) is 20.4. The van der Waals surface area contributed by atoms with Crippen LogP contribution in [0.5, 0.6) is 0 Å². The molecule has 0 spiro atoms. The molecule has 1 aromatic heterocycles. The first-order valence-corrected chi connectivity index (χ1v) is 7.61. The van der Waals surface area contributed by atoms with Gasteiger partial charge in [-0.2, -0.15) is 0 Å². The van der Waals surface area contributed by atoms with E-state index in [1.165, 1.54) is 19.5 Å². The lowest BCUT2D eigenvalue weighted by atomic mass is 10.1. The van der Waals surface area contributed by atoms with Crippen LogP contribution in [0.3, 0.4) is 0 Å². The zero-order chi connectivity index (χ0) is 13.8. The third-order valence-corrected chi connectivity index (χ3v) is 3.96. The largest absolute Gasteiger partial charge is 0.355 e. The van der Waals surface area contributed by atoms with Crippen molar-refractivity contribution in [2.45, 2.75) is 53.1 Å². The smallest absolute Gasteiger partial charge is 0.203 e. The molecule has 0 saturated carbocycles. The van der Waals surface area contributed by atoms with Crippen LogP contribution in [0, 0.1) is 12.8 Å². The van der Waals surface area contributed by atoms with E-state index in [4.69, 9.17) is 0 Å². The van der Waals surface area contributed by atoms with Crippen LogP contribution in [0.1, 0.15) is 39.3 Å². The number of likely N-dealkylation sites (tertiary alicyclic amines) is 1. The number of hydrogen-bond donors (Lipinski definition) is 1. The van der Waals surface area contributed by atoms with Gasteiger partial charge < -0.3 is 14.8 Å². The first-order valence-electron chi connectivity index (χ1n) is 7.61. The molecule has 1 fully saturated rings. The fraction of sp³-hybridized carbons (Fsp3) is 0.800. The van der Waals surface area contributed by atoms with Crippen molar-refractivity contribution in [2.75, 3.05) is 25.0 Å². The Morgan fingerprint density at radius 1 is 1.47 bits per heavy atom. The Bertz CT molecular complexity index is 397. The first-order chi connectivity index (χ1) is 9.10. The lowest BCUT2D eigenvalue weighted by Gasteiger charge is -2.20. The van der Waals surface area contributed by atoms with Gasteiger partial charge in [-0.15, -0.1) is 0 Å². The molecule has 0 aromatic carbocycles. The third kappa shape index (κ3) is 3.72. The van der Waals surface area contributed by atoms with Crippen molar-refractivity contribution in [3.63, 3.8) is 0 Å². The summed E-state index contributed by atoms with van der Waals surface area (Å²) >= 11 is 0. The van der Waals surface area contributed by atoms with Crippen LogP contribution >= 0.6 is 0 Å². The molecule has 108 valence electrons. The predicted molar refractivity (Wildman–Crippen MR) is 80.6 cm³/mol. The molecule has 2 heterocycles. The second-order valence-corrected chi connectivity index (χ2v) is 6.02. The van der Waals surface area contributed by atoms with Crippen LogP contribution < -0.4 is 5.32 Å². The van der Waals surface area contributed by atoms with Crippen molar-refractivity contribution in [1.29, 1.82) is 0 Å². The van der Waals surface area contributed by atoms with Crippen molar-refractivity contribution >= 4 is 5.95 Å². The predicted octanol–water partition coefficient (Wildman–Crippen LogP) is 2.74. The highest BCUT2D eigenvalue weighted by molar-refractivity contribution is 5.28. The lowest BCUT2D eigenvalue weighted by Crippen LogP contribution is -2.29. The van der Waals surface area contributed by atoms with Crippen molar-refractivity contribution in [1.82, 2.24) is 14.5 Å². The lowest BCUT2D eigenvalue weighted by molar-refractivity contribution is 0.266. The molecule has 4 heteroatoms. The Balaban J connectivity index is 1.86. The van der Waals surface area contributed by atoms with Crippen LogP contribution in [0.25, 0.3) is 0 Å². The molecule has 2 rings (SSSR count). The number of anilines is 1. The molecule has 1 aromatic rings. The van der Waals surface area contributed by atoms with E-state index >= 15 is 0 Å². The second-order valence-electron chi connectivity index (χ2n) is 6.02. The van der Waals surface area contributed by atoms with Gasteiger partial charge in [0.05, 0.1) is 5.69 Å². The maximum atomic E-state index is 4.58. The summed E-state index contributed by atoms with van der Waals surface area (Å²) in [5, 5.41) is 3.55. The minimum atomic E-state index is 0.675. The van der Waals surface area contributed by atoms with Crippen LogP contribution in [-0.4, -0.2) is 40.1 Å². The number of hydrogen-bond acceptors (Lipinski definition) is 3. The summed E-state index contributed by atoms with van der Waals surface area (Å²) in [6.45, 7) is 13.4. The average Bonchev–Trinajstić information content (AvgIpc) is 2.94. The second kappa shape index (κ2) is 6.42. The van der Waals surface area contributed by atoms with Gasteiger partial charge in [0.15, 0.2) is 0 Å². The quantitative estimate of drug-likeness (QED) is 0.857. The maximum Gasteiger partial charge on any atom is 0.203 e. The topological polar surface area (TPSA) is 33.1 Å². The van der Waals surface area contributed by atoms with Crippen molar-refractivity contribution < 1.29 is 0 Å². The molecule has 1 atom stereocenters. The number of aryl methyl sites for hydroxylation is 2. The van der Waals surface area contributed by atoms with Crippen LogP contribution in [0.4, 0.5) is 5.95 Å². The molecular formula is C15H28N4. The van der Waals surface area contributed by atoms with Gasteiger partial charge in [-0.05, 0) is 46.1 Å². The third-order valence-electron chi connectivity index (χ3n) is 3.96. The van der Waals surface area contributed by atoms with E-state index < -0.39 is 0 Å². The maximum absolute atomic E-state index is 4.58. The minimum absolute atomic E-state index is 0.675.